The Morgan fingerprint density at radius 2 is 2.15 bits per heavy atom. The molecule has 0 N–H and O–H groups in total. The van der Waals surface area contributed by atoms with Gasteiger partial charge in [0.2, 0.25) is 5.12 Å². The van der Waals surface area contributed by atoms with Gasteiger partial charge in [0, 0.05) is 29.4 Å². The fourth-order valence-corrected chi connectivity index (χ4v) is 4.13. The second-order valence-electron chi connectivity index (χ2n) is 5.10. The second-order valence-corrected chi connectivity index (χ2v) is 6.72. The predicted molar refractivity (Wildman–Crippen MR) is 87.8 cm³/mol. The topological polar surface area (TPSA) is 20.3 Å². The van der Waals surface area contributed by atoms with E-state index in [-0.39, 0.29) is 23.6 Å². The molecule has 2 aliphatic heterocycles. The average Bonchev–Trinajstić information content (AvgIpc) is 2.77. The number of benzene rings is 1. The number of hydrogen-bond acceptors (Lipinski definition) is 3. The Kier molecular flexibility index (Phi) is 5.19. The second kappa shape index (κ2) is 6.52. The van der Waals surface area contributed by atoms with E-state index in [4.69, 9.17) is 11.6 Å². The van der Waals surface area contributed by atoms with Crippen molar-refractivity contribution in [2.45, 2.75) is 24.6 Å². The molecule has 0 aliphatic carbocycles. The van der Waals surface area contributed by atoms with Crippen LogP contribution >= 0.6 is 35.8 Å². The molecule has 1 saturated heterocycles. The van der Waals surface area contributed by atoms with Gasteiger partial charge in [-0.1, -0.05) is 41.6 Å². The number of nitrogens with zero attached hydrogens (tertiary/aromatic N) is 1. The van der Waals surface area contributed by atoms with Crippen molar-refractivity contribution in [3.8, 4) is 0 Å². The summed E-state index contributed by atoms with van der Waals surface area (Å²) >= 11 is 7.75. The van der Waals surface area contributed by atoms with E-state index < -0.39 is 0 Å². The molecular formula is C15H17Cl2NOS. The number of hydrogen-bond donors (Lipinski definition) is 0. The lowest BCUT2D eigenvalue weighted by Gasteiger charge is -2.36. The number of fused-ring (bicyclic) bond motifs is 1. The normalized spacial score (nSPS) is 23.8. The van der Waals surface area contributed by atoms with Crippen molar-refractivity contribution in [2.75, 3.05) is 13.1 Å². The first-order valence-electron chi connectivity index (χ1n) is 6.54. The highest BCUT2D eigenvalue weighted by atomic mass is 35.5. The van der Waals surface area contributed by atoms with Gasteiger partial charge < -0.3 is 0 Å². The van der Waals surface area contributed by atoms with Crippen LogP contribution in [0.3, 0.4) is 0 Å². The summed E-state index contributed by atoms with van der Waals surface area (Å²) in [6, 6.07) is 8.30. The molecule has 0 saturated carbocycles. The zero-order chi connectivity index (χ0) is 13.4. The van der Waals surface area contributed by atoms with Crippen molar-refractivity contribution in [3.05, 3.63) is 46.5 Å². The van der Waals surface area contributed by atoms with Crippen LogP contribution < -0.4 is 0 Å². The zero-order valence-electron chi connectivity index (χ0n) is 11.2. The van der Waals surface area contributed by atoms with E-state index >= 15 is 0 Å². The van der Waals surface area contributed by atoms with Crippen LogP contribution in [0.1, 0.15) is 24.9 Å². The van der Waals surface area contributed by atoms with Crippen molar-refractivity contribution >= 4 is 40.9 Å². The molecule has 0 radical (unpaired) electrons. The van der Waals surface area contributed by atoms with Crippen molar-refractivity contribution in [1.82, 2.24) is 4.90 Å². The van der Waals surface area contributed by atoms with E-state index in [1.807, 2.05) is 24.3 Å². The van der Waals surface area contributed by atoms with E-state index in [2.05, 4.69) is 17.9 Å². The molecule has 2 heterocycles. The van der Waals surface area contributed by atoms with Crippen LogP contribution in [0, 0.1) is 0 Å². The molecule has 2 nitrogen and oxygen atoms in total. The average molecular weight is 330 g/mol. The molecule has 0 amide bonds. The van der Waals surface area contributed by atoms with Crippen LogP contribution in [0.25, 0.3) is 0 Å². The van der Waals surface area contributed by atoms with Gasteiger partial charge in [0.05, 0.1) is 0 Å². The zero-order valence-corrected chi connectivity index (χ0v) is 13.6. The van der Waals surface area contributed by atoms with Gasteiger partial charge in [-0.05, 0) is 36.6 Å². The molecule has 0 bridgehead atoms. The number of halogens is 2. The summed E-state index contributed by atoms with van der Waals surface area (Å²) < 4.78 is 0. The van der Waals surface area contributed by atoms with Crippen LogP contribution in [0.4, 0.5) is 0 Å². The van der Waals surface area contributed by atoms with Crippen molar-refractivity contribution in [2.24, 2.45) is 0 Å². The van der Waals surface area contributed by atoms with Crippen molar-refractivity contribution in [3.63, 3.8) is 0 Å². The minimum atomic E-state index is 0. The Morgan fingerprint density at radius 3 is 2.90 bits per heavy atom. The summed E-state index contributed by atoms with van der Waals surface area (Å²) in [6.45, 7) is 4.09. The SMILES string of the molecule is CC(c1ccccc1Cl)N1CCC2SC(=O)C=C2C1.Cl. The van der Waals surface area contributed by atoms with Gasteiger partial charge in [-0.2, -0.15) is 0 Å². The van der Waals surface area contributed by atoms with E-state index in [0.29, 0.717) is 5.25 Å². The summed E-state index contributed by atoms with van der Waals surface area (Å²) in [4.78, 5) is 13.9. The smallest absolute Gasteiger partial charge is 0.212 e. The first kappa shape index (κ1) is 15.9. The quantitative estimate of drug-likeness (QED) is 0.814. The highest BCUT2D eigenvalue weighted by molar-refractivity contribution is 8.15. The molecule has 20 heavy (non-hydrogen) atoms. The van der Waals surface area contributed by atoms with Gasteiger partial charge >= 0.3 is 0 Å². The predicted octanol–water partition coefficient (Wildman–Crippen LogP) is 4.10. The van der Waals surface area contributed by atoms with Crippen LogP contribution in [-0.2, 0) is 4.79 Å². The fraction of sp³-hybridized carbons (Fsp3) is 0.400. The third-order valence-electron chi connectivity index (χ3n) is 3.94. The maximum atomic E-state index is 11.5. The molecule has 1 aromatic carbocycles. The Hall–Kier alpha value is -0.480. The third kappa shape index (κ3) is 3.06. The van der Waals surface area contributed by atoms with Crippen molar-refractivity contribution < 1.29 is 4.79 Å². The molecule has 2 atom stereocenters. The molecule has 108 valence electrons. The molecular weight excluding hydrogens is 313 g/mol. The van der Waals surface area contributed by atoms with Gasteiger partial charge in [-0.15, -0.1) is 12.4 Å². The monoisotopic (exact) mass is 329 g/mol. The highest BCUT2D eigenvalue weighted by Crippen LogP contribution is 2.38. The Morgan fingerprint density at radius 1 is 1.40 bits per heavy atom. The molecule has 5 heteroatoms. The van der Waals surface area contributed by atoms with Gasteiger partial charge in [0.25, 0.3) is 0 Å². The summed E-state index contributed by atoms with van der Waals surface area (Å²) in [6.07, 6.45) is 2.87. The van der Waals surface area contributed by atoms with E-state index in [1.54, 1.807) is 0 Å². The summed E-state index contributed by atoms with van der Waals surface area (Å²) in [5, 5.41) is 1.46. The fourth-order valence-electron chi connectivity index (χ4n) is 2.82. The Bertz CT molecular complexity index is 546. The van der Waals surface area contributed by atoms with Crippen LogP contribution in [-0.4, -0.2) is 28.4 Å². The van der Waals surface area contributed by atoms with Crippen LogP contribution in [0.5, 0.6) is 0 Å². The molecule has 2 unspecified atom stereocenters. The largest absolute Gasteiger partial charge is 0.293 e. The van der Waals surface area contributed by atoms with E-state index in [9.17, 15) is 4.79 Å². The minimum Gasteiger partial charge on any atom is -0.293 e. The lowest BCUT2D eigenvalue weighted by atomic mass is 9.99. The number of carbonyl (C=O) groups excluding carboxylic acids is 1. The molecule has 0 aromatic heterocycles. The summed E-state index contributed by atoms with van der Waals surface area (Å²) in [5.41, 5.74) is 2.44. The molecule has 0 spiro atoms. The highest BCUT2D eigenvalue weighted by Gasteiger charge is 2.33. The maximum Gasteiger partial charge on any atom is 0.212 e. The number of carbonyl (C=O) groups is 1. The Labute approximate surface area is 135 Å². The van der Waals surface area contributed by atoms with E-state index in [0.717, 1.165) is 24.5 Å². The molecule has 1 fully saturated rings. The van der Waals surface area contributed by atoms with E-state index in [1.165, 1.54) is 22.9 Å². The maximum absolute atomic E-state index is 11.5. The minimum absolute atomic E-state index is 0. The molecule has 2 aliphatic rings. The van der Waals surface area contributed by atoms with Crippen LogP contribution in [0.15, 0.2) is 35.9 Å². The van der Waals surface area contributed by atoms with Gasteiger partial charge in [-0.25, -0.2) is 0 Å². The number of thioether (sulfide) groups is 1. The standard InChI is InChI=1S/C15H16ClNOS.ClH/c1-10(12-4-2-3-5-13(12)16)17-7-6-14-11(9-17)8-15(18)19-14;/h2-5,8,10,14H,6-7,9H2,1H3;1H. The Balaban J connectivity index is 0.00000147. The summed E-state index contributed by atoms with van der Waals surface area (Å²) in [5.74, 6) is 0. The summed E-state index contributed by atoms with van der Waals surface area (Å²) in [7, 11) is 0. The van der Waals surface area contributed by atoms with Crippen LogP contribution in [0.2, 0.25) is 5.02 Å². The van der Waals surface area contributed by atoms with Gasteiger partial charge in [-0.3, -0.25) is 9.69 Å². The van der Waals surface area contributed by atoms with Gasteiger partial charge in [0.1, 0.15) is 0 Å². The lowest BCUT2D eigenvalue weighted by molar-refractivity contribution is -0.106. The third-order valence-corrected chi connectivity index (χ3v) is 5.46. The first-order chi connectivity index (χ1) is 9.15. The lowest BCUT2D eigenvalue weighted by Crippen LogP contribution is -2.37. The first-order valence-corrected chi connectivity index (χ1v) is 7.80. The number of piperidine rings is 1. The molecule has 3 rings (SSSR count). The molecule has 1 aromatic rings. The van der Waals surface area contributed by atoms with Gasteiger partial charge in [0.15, 0.2) is 0 Å². The number of rotatable bonds is 2. The number of likely N-dealkylation sites (tertiary alicyclic amines) is 1. The van der Waals surface area contributed by atoms with Crippen molar-refractivity contribution in [1.29, 1.82) is 0 Å².